The van der Waals surface area contributed by atoms with E-state index in [1.165, 1.54) is 17.0 Å². The van der Waals surface area contributed by atoms with Gasteiger partial charge in [0.15, 0.2) is 17.5 Å². The first kappa shape index (κ1) is 20.7. The van der Waals surface area contributed by atoms with E-state index in [9.17, 15) is 18.7 Å². The van der Waals surface area contributed by atoms with Crippen LogP contribution in [-0.4, -0.2) is 42.0 Å². The van der Waals surface area contributed by atoms with Gasteiger partial charge in [-0.15, -0.1) is 0 Å². The van der Waals surface area contributed by atoms with Crippen molar-refractivity contribution in [2.75, 3.05) is 5.32 Å². The van der Waals surface area contributed by atoms with Gasteiger partial charge in [-0.05, 0) is 30.9 Å². The minimum atomic E-state index is -1.07. The molecule has 168 valence electrons. The Morgan fingerprint density at radius 3 is 2.73 bits per heavy atom. The summed E-state index contributed by atoms with van der Waals surface area (Å²) in [5.41, 5.74) is 1.68. The molecule has 0 radical (unpaired) electrons. The first-order chi connectivity index (χ1) is 16.0. The van der Waals surface area contributed by atoms with Crippen LogP contribution < -0.4 is 5.32 Å². The second-order valence-corrected chi connectivity index (χ2v) is 7.74. The van der Waals surface area contributed by atoms with Crippen molar-refractivity contribution in [2.24, 2.45) is 5.92 Å². The molecule has 0 amide bonds. The van der Waals surface area contributed by atoms with E-state index in [2.05, 4.69) is 25.5 Å². The Balaban J connectivity index is 1.51. The van der Waals surface area contributed by atoms with E-state index in [4.69, 9.17) is 4.52 Å². The number of aliphatic carboxylic acids is 1. The van der Waals surface area contributed by atoms with Gasteiger partial charge >= 0.3 is 5.97 Å². The summed E-state index contributed by atoms with van der Waals surface area (Å²) in [4.78, 5) is 19.7. The summed E-state index contributed by atoms with van der Waals surface area (Å²) in [6, 6.07) is 8.64. The lowest BCUT2D eigenvalue weighted by atomic mass is 10.2. The molecule has 1 aliphatic carbocycles. The number of benzene rings is 1. The number of rotatable bonds is 8. The van der Waals surface area contributed by atoms with Crippen molar-refractivity contribution in [3.05, 3.63) is 66.1 Å². The van der Waals surface area contributed by atoms with Crippen LogP contribution in [0.15, 0.2) is 53.4 Å². The Labute approximate surface area is 186 Å². The van der Waals surface area contributed by atoms with Gasteiger partial charge in [0.25, 0.3) is 0 Å². The average molecular weight is 452 g/mol. The van der Waals surface area contributed by atoms with Crippen LogP contribution in [0.3, 0.4) is 0 Å². The predicted molar refractivity (Wildman–Crippen MR) is 112 cm³/mol. The summed E-state index contributed by atoms with van der Waals surface area (Å²) in [5, 5.41) is 20.5. The van der Waals surface area contributed by atoms with E-state index >= 15 is 0 Å². The lowest BCUT2D eigenvalue weighted by Crippen LogP contribution is -2.32. The van der Waals surface area contributed by atoms with Crippen molar-refractivity contribution in [3.63, 3.8) is 0 Å². The van der Waals surface area contributed by atoms with Crippen molar-refractivity contribution in [1.29, 1.82) is 0 Å². The van der Waals surface area contributed by atoms with Crippen molar-refractivity contribution in [1.82, 2.24) is 24.9 Å². The smallest absolute Gasteiger partial charge is 0.326 e. The van der Waals surface area contributed by atoms with Crippen molar-refractivity contribution in [2.45, 2.75) is 25.4 Å². The molecule has 1 unspecified atom stereocenters. The molecule has 0 aliphatic heterocycles. The van der Waals surface area contributed by atoms with Crippen LogP contribution in [0.1, 0.15) is 18.4 Å². The predicted octanol–water partition coefficient (Wildman–Crippen LogP) is 3.60. The fourth-order valence-electron chi connectivity index (χ4n) is 3.54. The van der Waals surface area contributed by atoms with E-state index in [1.807, 2.05) is 0 Å². The van der Waals surface area contributed by atoms with Crippen molar-refractivity contribution >= 4 is 11.8 Å². The normalized spacial score (nSPS) is 14.2. The van der Waals surface area contributed by atoms with Gasteiger partial charge in [0, 0.05) is 11.6 Å². The molecule has 33 heavy (non-hydrogen) atoms. The molecule has 5 rings (SSSR count). The number of carbonyl (C=O) groups is 1. The zero-order valence-corrected chi connectivity index (χ0v) is 17.2. The third-order valence-electron chi connectivity index (χ3n) is 5.38. The summed E-state index contributed by atoms with van der Waals surface area (Å²) in [5.74, 6) is -2.43. The Morgan fingerprint density at radius 2 is 2.03 bits per heavy atom. The number of nitrogens with zero attached hydrogens (tertiary/aromatic N) is 5. The van der Waals surface area contributed by atoms with E-state index < -0.39 is 17.8 Å². The molecule has 2 N–H and O–H groups in total. The van der Waals surface area contributed by atoms with Gasteiger partial charge in [-0.2, -0.15) is 5.10 Å². The van der Waals surface area contributed by atoms with Crippen LogP contribution in [0.5, 0.6) is 0 Å². The summed E-state index contributed by atoms with van der Waals surface area (Å²) >= 11 is 0. The zero-order chi connectivity index (χ0) is 22.9. The molecular formula is C22H18F2N6O3. The minimum absolute atomic E-state index is 0.0703. The molecule has 1 aromatic carbocycles. The maximum Gasteiger partial charge on any atom is 0.326 e. The highest BCUT2D eigenvalue weighted by molar-refractivity contribution is 5.78. The Kier molecular flexibility index (Phi) is 5.29. The summed E-state index contributed by atoms with van der Waals surface area (Å²) < 4.78 is 35.1. The molecule has 0 spiro atoms. The van der Waals surface area contributed by atoms with Crippen LogP contribution >= 0.6 is 0 Å². The van der Waals surface area contributed by atoms with Gasteiger partial charge in [0.2, 0.25) is 0 Å². The molecule has 0 bridgehead atoms. The lowest BCUT2D eigenvalue weighted by Gasteiger charge is -2.14. The molecule has 1 fully saturated rings. The molecule has 1 atom stereocenters. The number of hydrogen-bond acceptors (Lipinski definition) is 7. The Morgan fingerprint density at radius 1 is 1.21 bits per heavy atom. The number of anilines is 1. The molecule has 4 aromatic rings. The topological polar surface area (TPSA) is 119 Å². The molecule has 3 heterocycles. The first-order valence-electron chi connectivity index (χ1n) is 10.2. The van der Waals surface area contributed by atoms with E-state index in [0.29, 0.717) is 17.0 Å². The third-order valence-corrected chi connectivity index (χ3v) is 5.38. The number of nitrogens with one attached hydrogen (secondary N) is 1. The summed E-state index contributed by atoms with van der Waals surface area (Å²) in [6.07, 6.45) is 3.87. The lowest BCUT2D eigenvalue weighted by molar-refractivity contribution is -0.138. The first-order valence-corrected chi connectivity index (χ1v) is 10.2. The van der Waals surface area contributed by atoms with E-state index in [-0.39, 0.29) is 35.6 Å². The van der Waals surface area contributed by atoms with Gasteiger partial charge < -0.3 is 14.9 Å². The third kappa shape index (κ3) is 4.29. The van der Waals surface area contributed by atoms with Crippen LogP contribution in [0.4, 0.5) is 14.6 Å². The van der Waals surface area contributed by atoms with Gasteiger partial charge in [-0.3, -0.25) is 4.68 Å². The maximum atomic E-state index is 14.4. The number of halogens is 2. The molecule has 1 saturated carbocycles. The van der Waals surface area contributed by atoms with Crippen LogP contribution in [0, 0.1) is 17.6 Å². The summed E-state index contributed by atoms with van der Waals surface area (Å²) in [6.45, 7) is 0.101. The van der Waals surface area contributed by atoms with Crippen molar-refractivity contribution < 1.29 is 23.2 Å². The van der Waals surface area contributed by atoms with E-state index in [0.717, 1.165) is 19.0 Å². The molecule has 3 aromatic heterocycles. The standard InChI is InChI=1S/C22H18F2N6O3/c23-14-4-2-1-3-13(14)11-30-18(16-7-8-33-29-16)9-17(28-30)21-25-10-15(24)20(27-21)26-19(22(31)32)12-5-6-12/h1-4,7-10,12,19H,5-6,11H2,(H,31,32)(H,25,26,27). The van der Waals surface area contributed by atoms with Gasteiger partial charge in [0.1, 0.15) is 29.5 Å². The summed E-state index contributed by atoms with van der Waals surface area (Å²) in [7, 11) is 0. The Bertz CT molecular complexity index is 1300. The minimum Gasteiger partial charge on any atom is -0.480 e. The fourth-order valence-corrected chi connectivity index (χ4v) is 3.54. The van der Waals surface area contributed by atoms with Crippen molar-refractivity contribution in [3.8, 4) is 22.9 Å². The average Bonchev–Trinajstić information content (AvgIpc) is 3.31. The Hall–Kier alpha value is -4.15. The molecule has 0 saturated heterocycles. The number of aromatic nitrogens is 5. The number of carboxylic acid groups (broad SMARTS) is 1. The second kappa shape index (κ2) is 8.41. The molecule has 9 nitrogen and oxygen atoms in total. The zero-order valence-electron chi connectivity index (χ0n) is 17.2. The van der Waals surface area contributed by atoms with E-state index in [1.54, 1.807) is 30.3 Å². The van der Waals surface area contributed by atoms with Gasteiger partial charge in [-0.25, -0.2) is 23.5 Å². The largest absolute Gasteiger partial charge is 0.480 e. The SMILES string of the molecule is O=C(O)C(Nc1nc(-c2cc(-c3ccon3)n(Cc3ccccc3F)n2)ncc1F)C1CC1. The quantitative estimate of drug-likeness (QED) is 0.416. The van der Waals surface area contributed by atoms with Crippen LogP contribution in [0.2, 0.25) is 0 Å². The van der Waals surface area contributed by atoms with Gasteiger partial charge in [-0.1, -0.05) is 23.4 Å². The van der Waals surface area contributed by atoms with Crippen LogP contribution in [0.25, 0.3) is 22.9 Å². The number of hydrogen-bond donors (Lipinski definition) is 2. The highest BCUT2D eigenvalue weighted by Crippen LogP contribution is 2.35. The highest BCUT2D eigenvalue weighted by atomic mass is 19.1. The second-order valence-electron chi connectivity index (χ2n) is 7.74. The number of carboxylic acids is 1. The molecular weight excluding hydrogens is 434 g/mol. The molecule has 11 heteroatoms. The van der Waals surface area contributed by atoms with Crippen LogP contribution in [-0.2, 0) is 11.3 Å². The fraction of sp³-hybridized carbons (Fsp3) is 0.227. The maximum absolute atomic E-state index is 14.4. The monoisotopic (exact) mass is 452 g/mol. The molecule has 1 aliphatic rings. The van der Waals surface area contributed by atoms with Gasteiger partial charge in [0.05, 0.1) is 18.4 Å². The highest BCUT2D eigenvalue weighted by Gasteiger charge is 2.37.